The fourth-order valence-electron chi connectivity index (χ4n) is 3.96. The normalized spacial score (nSPS) is 15.8. The number of nitro groups is 1. The topological polar surface area (TPSA) is 189 Å². The lowest BCUT2D eigenvalue weighted by atomic mass is 9.95. The molecule has 0 fully saturated rings. The molecule has 0 aliphatic carbocycles. The minimum absolute atomic E-state index is 0.0546. The standard InChI is InChI=1S/C25H25N5O10/c1-4-37-24(32)22-13(2)27-25(33)28-23(22)14-5-6-17(18(7-14)36-3)38-11-21(31)29-26-10-15-8-19-20(40-12-39-19)9-16(15)30(34)35/h5-10,23H,4,11-12H2,1-3H3,(H,29,31)(H2,27,28,33)/b26-10-/t23-/m1/s1. The average molecular weight is 556 g/mol. The number of nitrogens with one attached hydrogen (secondary N) is 3. The summed E-state index contributed by atoms with van der Waals surface area (Å²) >= 11 is 0. The molecular formula is C25H25N5O10. The predicted octanol–water partition coefficient (Wildman–Crippen LogP) is 2.05. The number of benzene rings is 2. The molecular weight excluding hydrogens is 530 g/mol. The summed E-state index contributed by atoms with van der Waals surface area (Å²) < 4.78 is 26.4. The number of rotatable bonds is 10. The zero-order valence-electron chi connectivity index (χ0n) is 21.6. The van der Waals surface area contributed by atoms with Gasteiger partial charge in [0.05, 0.1) is 48.1 Å². The van der Waals surface area contributed by atoms with Crippen LogP contribution in [0.3, 0.4) is 0 Å². The molecule has 0 bridgehead atoms. The molecule has 210 valence electrons. The van der Waals surface area contributed by atoms with Gasteiger partial charge in [-0.1, -0.05) is 6.07 Å². The van der Waals surface area contributed by atoms with Crippen LogP contribution in [0.2, 0.25) is 0 Å². The molecule has 2 aromatic carbocycles. The lowest BCUT2D eigenvalue weighted by molar-refractivity contribution is -0.385. The monoisotopic (exact) mass is 555 g/mol. The molecule has 4 rings (SSSR count). The van der Waals surface area contributed by atoms with Gasteiger partial charge in [0.1, 0.15) is 0 Å². The number of nitro benzene ring substituents is 1. The van der Waals surface area contributed by atoms with Gasteiger partial charge in [0.2, 0.25) is 6.79 Å². The summed E-state index contributed by atoms with van der Waals surface area (Å²) in [5, 5.41) is 20.4. The number of hydrogen-bond donors (Lipinski definition) is 3. The molecule has 2 aromatic rings. The van der Waals surface area contributed by atoms with Crippen molar-refractivity contribution in [2.24, 2.45) is 5.10 Å². The van der Waals surface area contributed by atoms with Crippen molar-refractivity contribution in [1.29, 1.82) is 0 Å². The van der Waals surface area contributed by atoms with E-state index in [0.717, 1.165) is 6.21 Å². The van der Waals surface area contributed by atoms with Crippen molar-refractivity contribution in [2.75, 3.05) is 27.1 Å². The van der Waals surface area contributed by atoms with Gasteiger partial charge in [-0.2, -0.15) is 5.10 Å². The Morgan fingerprint density at radius 2 is 1.98 bits per heavy atom. The Hall–Kier alpha value is -5.34. The number of nitrogens with zero attached hydrogens (tertiary/aromatic N) is 2. The number of carbonyl (C=O) groups is 3. The summed E-state index contributed by atoms with van der Waals surface area (Å²) in [6.45, 7) is 2.91. The van der Waals surface area contributed by atoms with Crippen LogP contribution in [0.15, 0.2) is 46.7 Å². The van der Waals surface area contributed by atoms with E-state index in [9.17, 15) is 24.5 Å². The van der Waals surface area contributed by atoms with E-state index in [0.29, 0.717) is 17.0 Å². The molecule has 2 aliphatic heterocycles. The first-order valence-electron chi connectivity index (χ1n) is 11.9. The molecule has 3 amide bonds. The molecule has 15 heteroatoms. The summed E-state index contributed by atoms with van der Waals surface area (Å²) in [7, 11) is 1.39. The van der Waals surface area contributed by atoms with Crippen LogP contribution < -0.4 is 35.0 Å². The molecule has 40 heavy (non-hydrogen) atoms. The van der Waals surface area contributed by atoms with Crippen molar-refractivity contribution in [2.45, 2.75) is 19.9 Å². The van der Waals surface area contributed by atoms with E-state index in [-0.39, 0.29) is 47.5 Å². The SMILES string of the molecule is CCOC(=O)C1=C(C)NC(=O)N[C@@H]1c1ccc(OCC(=O)N/N=C\c2cc3c(cc2[N+](=O)[O-])OCO3)c(OC)c1. The molecule has 0 saturated carbocycles. The molecule has 0 saturated heterocycles. The largest absolute Gasteiger partial charge is 0.493 e. The molecule has 1 atom stereocenters. The van der Waals surface area contributed by atoms with E-state index >= 15 is 0 Å². The van der Waals surface area contributed by atoms with E-state index in [4.69, 9.17) is 23.7 Å². The Morgan fingerprint density at radius 1 is 1.23 bits per heavy atom. The van der Waals surface area contributed by atoms with E-state index in [2.05, 4.69) is 21.2 Å². The molecule has 0 spiro atoms. The first-order chi connectivity index (χ1) is 19.2. The Balaban J connectivity index is 1.43. The third kappa shape index (κ3) is 6.03. The highest BCUT2D eigenvalue weighted by Crippen LogP contribution is 2.37. The van der Waals surface area contributed by atoms with Crippen LogP contribution in [0.25, 0.3) is 0 Å². The van der Waals surface area contributed by atoms with Crippen LogP contribution in [0.5, 0.6) is 23.0 Å². The number of hydrogen-bond acceptors (Lipinski definition) is 11. The molecule has 0 unspecified atom stereocenters. The fourth-order valence-corrected chi connectivity index (χ4v) is 3.96. The number of urea groups is 1. The Bertz CT molecular complexity index is 1420. The minimum Gasteiger partial charge on any atom is -0.493 e. The van der Waals surface area contributed by atoms with E-state index in [1.165, 1.54) is 25.3 Å². The lowest BCUT2D eigenvalue weighted by Crippen LogP contribution is -2.45. The third-order valence-electron chi connectivity index (χ3n) is 5.76. The summed E-state index contributed by atoms with van der Waals surface area (Å²) in [6.07, 6.45) is 1.11. The number of allylic oxidation sites excluding steroid dienone is 1. The summed E-state index contributed by atoms with van der Waals surface area (Å²) in [4.78, 5) is 47.7. The second-order valence-corrected chi connectivity index (χ2v) is 8.30. The van der Waals surface area contributed by atoms with Crippen molar-refractivity contribution in [3.63, 3.8) is 0 Å². The van der Waals surface area contributed by atoms with Crippen molar-refractivity contribution in [3.8, 4) is 23.0 Å². The molecule has 15 nitrogen and oxygen atoms in total. The van der Waals surface area contributed by atoms with Crippen LogP contribution in [-0.2, 0) is 14.3 Å². The molecule has 0 radical (unpaired) electrons. The molecule has 3 N–H and O–H groups in total. The zero-order valence-corrected chi connectivity index (χ0v) is 21.6. The first-order valence-corrected chi connectivity index (χ1v) is 11.9. The smallest absolute Gasteiger partial charge is 0.338 e. The van der Waals surface area contributed by atoms with Gasteiger partial charge in [-0.15, -0.1) is 0 Å². The van der Waals surface area contributed by atoms with Gasteiger partial charge in [0, 0.05) is 5.70 Å². The van der Waals surface area contributed by atoms with Crippen molar-refractivity contribution < 1.29 is 43.0 Å². The number of amides is 3. The number of hydrazone groups is 1. The number of fused-ring (bicyclic) bond motifs is 1. The molecule has 2 aliphatic rings. The minimum atomic E-state index is -0.811. The highest BCUT2D eigenvalue weighted by molar-refractivity contribution is 5.95. The van der Waals surface area contributed by atoms with Gasteiger partial charge >= 0.3 is 12.0 Å². The second-order valence-electron chi connectivity index (χ2n) is 8.30. The quantitative estimate of drug-likeness (QED) is 0.169. The number of carbonyl (C=O) groups excluding carboxylic acids is 3. The van der Waals surface area contributed by atoms with E-state index in [1.807, 2.05) is 0 Å². The van der Waals surface area contributed by atoms with Crippen molar-refractivity contribution in [3.05, 3.63) is 62.8 Å². The maximum absolute atomic E-state index is 12.5. The number of ether oxygens (including phenoxy) is 5. The van der Waals surface area contributed by atoms with Crippen LogP contribution in [0.1, 0.15) is 31.0 Å². The predicted molar refractivity (Wildman–Crippen MR) is 137 cm³/mol. The highest BCUT2D eigenvalue weighted by atomic mass is 16.7. The van der Waals surface area contributed by atoms with E-state index in [1.54, 1.807) is 26.0 Å². The number of esters is 1. The summed E-state index contributed by atoms with van der Waals surface area (Å²) in [5.41, 5.74) is 3.17. The van der Waals surface area contributed by atoms with Gasteiger partial charge in [-0.05, 0) is 37.6 Å². The fraction of sp³-hybridized carbons (Fsp3) is 0.280. The summed E-state index contributed by atoms with van der Waals surface area (Å²) in [6, 6.07) is 5.99. The highest BCUT2D eigenvalue weighted by Gasteiger charge is 2.32. The zero-order chi connectivity index (χ0) is 28.8. The third-order valence-corrected chi connectivity index (χ3v) is 5.76. The van der Waals surface area contributed by atoms with Crippen LogP contribution >= 0.6 is 0 Å². The van der Waals surface area contributed by atoms with Crippen molar-refractivity contribution >= 4 is 29.8 Å². The van der Waals surface area contributed by atoms with Crippen molar-refractivity contribution in [1.82, 2.24) is 16.1 Å². The first kappa shape index (κ1) is 27.7. The molecule has 2 heterocycles. The Morgan fingerprint density at radius 3 is 2.67 bits per heavy atom. The van der Waals surface area contributed by atoms with E-state index < -0.39 is 35.5 Å². The van der Waals surface area contributed by atoms with Crippen LogP contribution in [0, 0.1) is 10.1 Å². The maximum atomic E-state index is 12.5. The van der Waals surface area contributed by atoms with Crippen LogP contribution in [0.4, 0.5) is 10.5 Å². The second kappa shape index (κ2) is 12.0. The van der Waals surface area contributed by atoms with Gasteiger partial charge < -0.3 is 34.3 Å². The van der Waals surface area contributed by atoms with Gasteiger partial charge in [-0.3, -0.25) is 14.9 Å². The lowest BCUT2D eigenvalue weighted by Gasteiger charge is -2.28. The Kier molecular flexibility index (Phi) is 8.32. The van der Waals surface area contributed by atoms with Gasteiger partial charge in [-0.25, -0.2) is 15.0 Å². The Labute approximate surface area is 227 Å². The van der Waals surface area contributed by atoms with Crippen LogP contribution in [-0.4, -0.2) is 56.2 Å². The van der Waals surface area contributed by atoms with Gasteiger partial charge in [0.25, 0.3) is 11.6 Å². The summed E-state index contributed by atoms with van der Waals surface area (Å²) in [5.74, 6) is -0.234. The van der Waals surface area contributed by atoms with Gasteiger partial charge in [0.15, 0.2) is 29.6 Å². The average Bonchev–Trinajstić information content (AvgIpc) is 3.38. The number of methoxy groups -OCH3 is 1. The molecule has 0 aromatic heterocycles. The maximum Gasteiger partial charge on any atom is 0.338 e.